The Morgan fingerprint density at radius 1 is 1.67 bits per heavy atom. The third-order valence-electron chi connectivity index (χ3n) is 1.23. The number of aromatic nitrogens is 1. The van der Waals surface area contributed by atoms with Gasteiger partial charge in [0.25, 0.3) is 0 Å². The number of nitrogens with zero attached hydrogens (tertiary/aromatic N) is 1. The maximum atomic E-state index is 10.8. The molecule has 0 aliphatic rings. The van der Waals surface area contributed by atoms with Crippen LogP contribution in [0.1, 0.15) is 5.56 Å². The van der Waals surface area contributed by atoms with Crippen LogP contribution in [-0.4, -0.2) is 15.1 Å². The summed E-state index contributed by atoms with van der Waals surface area (Å²) < 4.78 is 14.2. The topological polar surface area (TPSA) is 79.7 Å². The second-order valence-electron chi connectivity index (χ2n) is 2.24. The lowest BCUT2D eigenvalue weighted by Gasteiger charge is -2.05. The molecule has 12 heavy (non-hydrogen) atoms. The molecule has 0 amide bonds. The van der Waals surface area contributed by atoms with Crippen molar-refractivity contribution in [2.45, 2.75) is 6.16 Å². The molecule has 1 unspecified atom stereocenters. The molecular weight excluding hydrogens is 181 g/mol. The molecular formula is C6H8NO4P. The van der Waals surface area contributed by atoms with Gasteiger partial charge in [-0.1, -0.05) is 6.07 Å². The normalized spacial score (nSPS) is 15.5. The minimum atomic E-state index is -3.88. The number of rotatable bonds is 3. The van der Waals surface area contributed by atoms with E-state index in [2.05, 4.69) is 9.66 Å². The molecule has 0 bridgehead atoms. The molecule has 2 N–H and O–H groups in total. The standard InChI is InChI=1S/C6H8NO4P/c8-11-12(9,10)5-6-2-1-3-7-4-6/h1-4,8H,5H2,(H,9,10). The van der Waals surface area contributed by atoms with E-state index in [-0.39, 0.29) is 6.16 Å². The second-order valence-corrected chi connectivity index (χ2v) is 3.99. The summed E-state index contributed by atoms with van der Waals surface area (Å²) in [6.45, 7) is 0. The monoisotopic (exact) mass is 189 g/mol. The van der Waals surface area contributed by atoms with Crippen molar-refractivity contribution < 1.29 is 19.4 Å². The molecule has 1 aromatic rings. The molecule has 0 fully saturated rings. The van der Waals surface area contributed by atoms with Crippen LogP contribution in [0.2, 0.25) is 0 Å². The van der Waals surface area contributed by atoms with Crippen LogP contribution in [0.15, 0.2) is 24.5 Å². The molecule has 0 aliphatic heterocycles. The molecule has 0 saturated carbocycles. The summed E-state index contributed by atoms with van der Waals surface area (Å²) >= 11 is 0. The van der Waals surface area contributed by atoms with Crippen LogP contribution in [0.3, 0.4) is 0 Å². The Morgan fingerprint density at radius 3 is 2.92 bits per heavy atom. The summed E-state index contributed by atoms with van der Waals surface area (Å²) in [5.74, 6) is 0. The van der Waals surface area contributed by atoms with E-state index in [0.717, 1.165) is 0 Å². The van der Waals surface area contributed by atoms with E-state index in [1.165, 1.54) is 6.20 Å². The molecule has 0 aliphatic carbocycles. The molecule has 1 aromatic heterocycles. The van der Waals surface area contributed by atoms with E-state index in [1.807, 2.05) is 0 Å². The zero-order valence-corrected chi connectivity index (χ0v) is 7.02. The zero-order valence-electron chi connectivity index (χ0n) is 6.12. The molecule has 66 valence electrons. The summed E-state index contributed by atoms with van der Waals surface area (Å²) in [5, 5.41) is 8.02. The SMILES string of the molecule is O=P(O)(Cc1cccnc1)OO. The molecule has 6 heteroatoms. The van der Waals surface area contributed by atoms with Crippen molar-refractivity contribution >= 4 is 7.60 Å². The molecule has 1 heterocycles. The fourth-order valence-corrected chi connectivity index (χ4v) is 1.46. The van der Waals surface area contributed by atoms with Gasteiger partial charge < -0.3 is 4.89 Å². The van der Waals surface area contributed by atoms with Crippen molar-refractivity contribution in [3.05, 3.63) is 30.1 Å². The first-order valence-electron chi connectivity index (χ1n) is 3.18. The first-order chi connectivity index (χ1) is 5.64. The van der Waals surface area contributed by atoms with Crippen LogP contribution in [0.4, 0.5) is 0 Å². The number of hydrogen-bond donors (Lipinski definition) is 2. The Kier molecular flexibility index (Phi) is 2.94. The van der Waals surface area contributed by atoms with Crippen molar-refractivity contribution in [2.24, 2.45) is 0 Å². The van der Waals surface area contributed by atoms with E-state index in [1.54, 1.807) is 18.3 Å². The highest BCUT2D eigenvalue weighted by molar-refractivity contribution is 7.51. The highest BCUT2D eigenvalue weighted by atomic mass is 31.2. The molecule has 5 nitrogen and oxygen atoms in total. The molecule has 0 spiro atoms. The number of hydrogen-bond acceptors (Lipinski definition) is 4. The van der Waals surface area contributed by atoms with Crippen LogP contribution in [0, 0.1) is 0 Å². The van der Waals surface area contributed by atoms with Crippen molar-refractivity contribution in [1.29, 1.82) is 0 Å². The van der Waals surface area contributed by atoms with Crippen LogP contribution in [-0.2, 0) is 15.4 Å². The average Bonchev–Trinajstić information content (AvgIpc) is 2.06. The van der Waals surface area contributed by atoms with Crippen LogP contribution in [0.25, 0.3) is 0 Å². The summed E-state index contributed by atoms with van der Waals surface area (Å²) in [7, 11) is -3.88. The van der Waals surface area contributed by atoms with Gasteiger partial charge in [0, 0.05) is 12.4 Å². The summed E-state index contributed by atoms with van der Waals surface area (Å²) in [4.78, 5) is 12.6. The van der Waals surface area contributed by atoms with E-state index < -0.39 is 7.60 Å². The number of pyridine rings is 1. The smallest absolute Gasteiger partial charge is 0.323 e. The zero-order chi connectivity index (χ0) is 9.03. The van der Waals surface area contributed by atoms with Crippen LogP contribution < -0.4 is 0 Å². The van der Waals surface area contributed by atoms with Gasteiger partial charge in [-0.25, -0.2) is 5.26 Å². The maximum Gasteiger partial charge on any atom is 0.359 e. The maximum absolute atomic E-state index is 10.8. The highest BCUT2D eigenvalue weighted by Gasteiger charge is 2.19. The fraction of sp³-hybridized carbons (Fsp3) is 0.167. The van der Waals surface area contributed by atoms with Gasteiger partial charge >= 0.3 is 7.60 Å². The Labute approximate surface area is 69.1 Å². The van der Waals surface area contributed by atoms with Crippen LogP contribution in [0.5, 0.6) is 0 Å². The quantitative estimate of drug-likeness (QED) is 0.425. The van der Waals surface area contributed by atoms with Gasteiger partial charge in [0.05, 0.1) is 6.16 Å². The van der Waals surface area contributed by atoms with Crippen molar-refractivity contribution in [2.75, 3.05) is 0 Å². The summed E-state index contributed by atoms with van der Waals surface area (Å²) in [5.41, 5.74) is 0.539. The van der Waals surface area contributed by atoms with Crippen molar-refractivity contribution in [3.63, 3.8) is 0 Å². The minimum absolute atomic E-state index is 0.239. The lowest BCUT2D eigenvalue weighted by Crippen LogP contribution is -1.90. The van der Waals surface area contributed by atoms with Crippen LogP contribution >= 0.6 is 7.60 Å². The second kappa shape index (κ2) is 3.78. The molecule has 1 rings (SSSR count). The molecule has 0 radical (unpaired) electrons. The van der Waals surface area contributed by atoms with Gasteiger partial charge in [0.15, 0.2) is 0 Å². The van der Waals surface area contributed by atoms with E-state index >= 15 is 0 Å². The van der Waals surface area contributed by atoms with E-state index in [0.29, 0.717) is 5.56 Å². The highest BCUT2D eigenvalue weighted by Crippen LogP contribution is 2.44. The Morgan fingerprint density at radius 2 is 2.42 bits per heavy atom. The van der Waals surface area contributed by atoms with Gasteiger partial charge in [-0.3, -0.25) is 9.55 Å². The predicted molar refractivity (Wildman–Crippen MR) is 41.5 cm³/mol. The van der Waals surface area contributed by atoms with Gasteiger partial charge in [0.1, 0.15) is 0 Å². The van der Waals surface area contributed by atoms with Crippen molar-refractivity contribution in [3.8, 4) is 0 Å². The molecule has 0 saturated heterocycles. The summed E-state index contributed by atoms with van der Waals surface area (Å²) in [6, 6.07) is 3.25. The van der Waals surface area contributed by atoms with E-state index in [9.17, 15) is 4.57 Å². The first kappa shape index (κ1) is 9.35. The third kappa shape index (κ3) is 2.71. The molecule has 0 aromatic carbocycles. The van der Waals surface area contributed by atoms with Gasteiger partial charge in [0.2, 0.25) is 0 Å². The third-order valence-corrected chi connectivity index (χ3v) is 2.25. The predicted octanol–water partition coefficient (Wildman–Crippen LogP) is 1.26. The fourth-order valence-electron chi connectivity index (χ4n) is 0.751. The lowest BCUT2D eigenvalue weighted by molar-refractivity contribution is -0.146. The van der Waals surface area contributed by atoms with E-state index in [4.69, 9.17) is 10.2 Å². The summed E-state index contributed by atoms with van der Waals surface area (Å²) in [6.07, 6.45) is 2.74. The Hall–Kier alpha value is -0.740. The minimum Gasteiger partial charge on any atom is -0.323 e. The first-order valence-corrected chi connectivity index (χ1v) is 4.94. The van der Waals surface area contributed by atoms with Crippen molar-refractivity contribution in [1.82, 2.24) is 4.98 Å². The molecule has 1 atom stereocenters. The largest absolute Gasteiger partial charge is 0.359 e. The average molecular weight is 189 g/mol. The van der Waals surface area contributed by atoms with Gasteiger partial charge in [-0.15, -0.1) is 0 Å². The van der Waals surface area contributed by atoms with Gasteiger partial charge in [-0.05, 0) is 11.6 Å². The van der Waals surface area contributed by atoms with Gasteiger partial charge in [-0.2, -0.15) is 4.67 Å². The Balaban J connectivity index is 2.71. The lowest BCUT2D eigenvalue weighted by atomic mass is 10.3. The Bertz CT molecular complexity index is 289.